The molecule has 1 aliphatic carbocycles. The van der Waals surface area contributed by atoms with Crippen LogP contribution in [0.2, 0.25) is 10.0 Å². The number of carbonyl (C=O) groups is 2. The third-order valence-corrected chi connectivity index (χ3v) is 4.72. The van der Waals surface area contributed by atoms with E-state index in [1.165, 1.54) is 12.1 Å². The lowest BCUT2D eigenvalue weighted by Crippen LogP contribution is -2.28. The number of ketones is 2. The molecule has 2 N–H and O–H groups in total. The molecule has 0 atom stereocenters. The number of hydrogen-bond donors (Lipinski definition) is 1. The molecule has 0 bridgehead atoms. The number of benzene rings is 3. The van der Waals surface area contributed by atoms with Gasteiger partial charge in [-0.05, 0) is 66.7 Å². The Bertz CT molecular complexity index is 1150. The fraction of sp³-hybridized carbons (Fsp3) is 0. The smallest absolute Gasteiger partial charge is 0.233 e. The van der Waals surface area contributed by atoms with Crippen molar-refractivity contribution in [2.45, 2.75) is 0 Å². The molecule has 0 fully saturated rings. The topological polar surface area (TPSA) is 78.6 Å². The van der Waals surface area contributed by atoms with E-state index in [0.717, 1.165) is 0 Å². The third kappa shape index (κ3) is 3.83. The molecular weight excluding hydrogens is 413 g/mol. The highest BCUT2D eigenvalue weighted by atomic mass is 35.5. The molecule has 0 spiro atoms. The Balaban J connectivity index is 1.81. The summed E-state index contributed by atoms with van der Waals surface area (Å²) in [6.45, 7) is 0. The lowest BCUT2D eigenvalue weighted by Gasteiger charge is -2.21. The van der Waals surface area contributed by atoms with Gasteiger partial charge in [0.25, 0.3) is 0 Å². The van der Waals surface area contributed by atoms with Gasteiger partial charge in [0.2, 0.25) is 23.1 Å². The van der Waals surface area contributed by atoms with Crippen LogP contribution >= 0.6 is 23.2 Å². The van der Waals surface area contributed by atoms with Crippen LogP contribution in [-0.2, 0) is 0 Å². The highest BCUT2D eigenvalue weighted by Gasteiger charge is 2.36. The largest absolute Gasteiger partial charge is 0.449 e. The number of allylic oxidation sites excluding steroid dienone is 2. The van der Waals surface area contributed by atoms with Crippen LogP contribution in [0.3, 0.4) is 0 Å². The maximum Gasteiger partial charge on any atom is 0.233 e. The predicted molar refractivity (Wildman–Crippen MR) is 111 cm³/mol. The first kappa shape index (κ1) is 19.1. The Morgan fingerprint density at radius 2 is 1.07 bits per heavy atom. The van der Waals surface area contributed by atoms with E-state index in [1.54, 1.807) is 54.6 Å². The summed E-state index contributed by atoms with van der Waals surface area (Å²) in [7, 11) is 0. The summed E-state index contributed by atoms with van der Waals surface area (Å²) in [5, 5.41) is 1.02. The van der Waals surface area contributed by atoms with Crippen molar-refractivity contribution < 1.29 is 19.1 Å². The molecule has 0 heterocycles. The van der Waals surface area contributed by atoms with Crippen molar-refractivity contribution in [3.8, 4) is 11.5 Å². The van der Waals surface area contributed by atoms with Gasteiger partial charge in [-0.1, -0.05) is 23.2 Å². The summed E-state index contributed by atoms with van der Waals surface area (Å²) in [6.07, 6.45) is 0. The molecule has 0 aliphatic heterocycles. The van der Waals surface area contributed by atoms with Crippen LogP contribution < -0.4 is 15.2 Å². The fourth-order valence-electron chi connectivity index (χ4n) is 2.82. The Kier molecular flexibility index (Phi) is 5.01. The van der Waals surface area contributed by atoms with Crippen LogP contribution in [0.1, 0.15) is 20.7 Å². The van der Waals surface area contributed by atoms with Crippen molar-refractivity contribution in [2.24, 2.45) is 0 Å². The van der Waals surface area contributed by atoms with Crippen molar-refractivity contribution in [1.29, 1.82) is 0 Å². The minimum atomic E-state index is -0.509. The van der Waals surface area contributed by atoms with Gasteiger partial charge in [0, 0.05) is 26.9 Å². The zero-order valence-corrected chi connectivity index (χ0v) is 16.3. The number of fused-ring (bicyclic) bond motifs is 1. The monoisotopic (exact) mass is 425 g/mol. The predicted octanol–water partition coefficient (Wildman–Crippen LogP) is 5.32. The third-order valence-electron chi connectivity index (χ3n) is 4.22. The van der Waals surface area contributed by atoms with Gasteiger partial charge in [0.05, 0.1) is 0 Å². The number of nitrogen functional groups attached to an aromatic ring is 1. The molecule has 29 heavy (non-hydrogen) atoms. The first-order valence-electron chi connectivity index (χ1n) is 8.52. The van der Waals surface area contributed by atoms with Crippen LogP contribution in [0.4, 0.5) is 5.69 Å². The molecule has 1 aliphatic rings. The number of hydrogen-bond acceptors (Lipinski definition) is 5. The van der Waals surface area contributed by atoms with E-state index >= 15 is 0 Å². The minimum absolute atomic E-state index is 0.155. The van der Waals surface area contributed by atoms with Gasteiger partial charge < -0.3 is 15.2 Å². The highest BCUT2D eigenvalue weighted by Crippen LogP contribution is 2.32. The van der Waals surface area contributed by atoms with E-state index < -0.39 is 11.6 Å². The molecule has 0 radical (unpaired) electrons. The van der Waals surface area contributed by atoms with E-state index in [4.69, 9.17) is 38.4 Å². The summed E-state index contributed by atoms with van der Waals surface area (Å²) in [6, 6.07) is 17.3. The molecule has 5 nitrogen and oxygen atoms in total. The Hall–Kier alpha value is -3.28. The molecule has 144 valence electrons. The maximum atomic E-state index is 13.1. The zero-order valence-electron chi connectivity index (χ0n) is 14.8. The number of nitrogens with two attached hydrogens (primary N) is 1. The van der Waals surface area contributed by atoms with Gasteiger partial charge >= 0.3 is 0 Å². The normalized spacial score (nSPS) is 13.3. The Labute approximate surface area is 176 Å². The van der Waals surface area contributed by atoms with E-state index in [0.29, 0.717) is 27.2 Å². The number of halogens is 2. The van der Waals surface area contributed by atoms with Gasteiger partial charge in [-0.15, -0.1) is 0 Å². The van der Waals surface area contributed by atoms with Crippen LogP contribution in [0, 0.1) is 0 Å². The number of carbonyl (C=O) groups excluding carboxylic acids is 2. The second-order valence-electron chi connectivity index (χ2n) is 6.23. The SMILES string of the molecule is Nc1ccc2c(c1)C(=O)C(Oc1ccc(Cl)cc1)=C(Oc1ccc(Cl)cc1)C2=O. The average Bonchev–Trinajstić information content (AvgIpc) is 2.71. The summed E-state index contributed by atoms with van der Waals surface area (Å²) < 4.78 is 11.5. The average molecular weight is 426 g/mol. The first-order chi connectivity index (χ1) is 13.9. The molecule has 0 amide bonds. The molecule has 0 unspecified atom stereocenters. The van der Waals surface area contributed by atoms with Crippen molar-refractivity contribution >= 4 is 40.5 Å². The van der Waals surface area contributed by atoms with Crippen LogP contribution in [0.15, 0.2) is 78.2 Å². The van der Waals surface area contributed by atoms with E-state index in [9.17, 15) is 9.59 Å². The lowest BCUT2D eigenvalue weighted by atomic mass is 9.91. The molecular formula is C22H13Cl2NO4. The summed E-state index contributed by atoms with van der Waals surface area (Å²) >= 11 is 11.8. The summed E-state index contributed by atoms with van der Waals surface area (Å²) in [5.41, 5.74) is 6.50. The number of anilines is 1. The van der Waals surface area contributed by atoms with Gasteiger partial charge in [-0.3, -0.25) is 9.59 Å². The number of rotatable bonds is 4. The zero-order chi connectivity index (χ0) is 20.5. The number of ether oxygens (including phenoxy) is 2. The lowest BCUT2D eigenvalue weighted by molar-refractivity contribution is 0.0897. The molecule has 7 heteroatoms. The van der Waals surface area contributed by atoms with Crippen LogP contribution in [0.5, 0.6) is 11.5 Å². The molecule has 0 saturated carbocycles. The number of Topliss-reactive ketones (excluding diaryl/α,β-unsaturated/α-hetero) is 2. The van der Waals surface area contributed by atoms with E-state index in [-0.39, 0.29) is 22.6 Å². The van der Waals surface area contributed by atoms with Crippen LogP contribution in [0.25, 0.3) is 0 Å². The van der Waals surface area contributed by atoms with Gasteiger partial charge in [0.1, 0.15) is 11.5 Å². The molecule has 3 aromatic carbocycles. The van der Waals surface area contributed by atoms with Crippen molar-refractivity contribution in [1.82, 2.24) is 0 Å². The van der Waals surface area contributed by atoms with E-state index in [2.05, 4.69) is 0 Å². The second kappa shape index (κ2) is 7.62. The quantitative estimate of drug-likeness (QED) is 0.571. The standard InChI is InChI=1S/C22H13Cl2NO4/c23-12-1-6-15(7-2-12)28-21-19(26)17-10-5-14(25)11-18(17)20(27)22(21)29-16-8-3-13(24)4-9-16/h1-11H,25H2. The van der Waals surface area contributed by atoms with Crippen LogP contribution in [-0.4, -0.2) is 11.6 Å². The molecule has 4 rings (SSSR count). The summed E-state index contributed by atoms with van der Waals surface area (Å²) in [4.78, 5) is 26.2. The summed E-state index contributed by atoms with van der Waals surface area (Å²) in [5.74, 6) is -0.781. The van der Waals surface area contributed by atoms with Gasteiger partial charge in [0.15, 0.2) is 0 Å². The van der Waals surface area contributed by atoms with Gasteiger partial charge in [-0.25, -0.2) is 0 Å². The molecule has 0 aromatic heterocycles. The minimum Gasteiger partial charge on any atom is -0.449 e. The first-order valence-corrected chi connectivity index (χ1v) is 9.28. The molecule has 3 aromatic rings. The highest BCUT2D eigenvalue weighted by molar-refractivity contribution is 6.31. The van der Waals surface area contributed by atoms with Crippen molar-refractivity contribution in [3.63, 3.8) is 0 Å². The van der Waals surface area contributed by atoms with Crippen molar-refractivity contribution in [3.05, 3.63) is 99.4 Å². The molecule has 0 saturated heterocycles. The second-order valence-corrected chi connectivity index (χ2v) is 7.11. The maximum absolute atomic E-state index is 13.1. The Morgan fingerprint density at radius 3 is 1.55 bits per heavy atom. The van der Waals surface area contributed by atoms with Crippen molar-refractivity contribution in [2.75, 3.05) is 5.73 Å². The van der Waals surface area contributed by atoms with E-state index in [1.807, 2.05) is 0 Å². The fourth-order valence-corrected chi connectivity index (χ4v) is 3.08. The van der Waals surface area contributed by atoms with Gasteiger partial charge in [-0.2, -0.15) is 0 Å². The Morgan fingerprint density at radius 1 is 0.621 bits per heavy atom.